The van der Waals surface area contributed by atoms with Gasteiger partial charge in [-0.2, -0.15) is 10.5 Å². The zero-order valence-electron chi connectivity index (χ0n) is 15.6. The number of aromatic amines is 1. The molecule has 3 aromatic rings. The molecule has 1 aliphatic rings. The van der Waals surface area contributed by atoms with Crippen LogP contribution in [-0.2, 0) is 6.61 Å². The zero-order valence-corrected chi connectivity index (χ0v) is 15.6. The topological polar surface area (TPSA) is 121 Å². The largest absolute Gasteiger partial charge is 0.489 e. The fourth-order valence-corrected chi connectivity index (χ4v) is 3.36. The molecule has 0 saturated heterocycles. The third-order valence-electron chi connectivity index (χ3n) is 4.81. The Kier molecular flexibility index (Phi) is 4.64. The SMILES string of the molecule is Cc1[nH]nc2c1C(c1cccc(OCc3ccc(C#N)cc3)c1)C(C#N)=C(N)O2. The summed E-state index contributed by atoms with van der Waals surface area (Å²) in [6.45, 7) is 2.24. The summed E-state index contributed by atoms with van der Waals surface area (Å²) >= 11 is 0. The Labute approximate surface area is 167 Å². The van der Waals surface area contributed by atoms with Gasteiger partial charge in [-0.15, -0.1) is 5.10 Å². The molecular weight excluding hydrogens is 366 g/mol. The lowest BCUT2D eigenvalue weighted by Crippen LogP contribution is -2.21. The highest BCUT2D eigenvalue weighted by Gasteiger charge is 2.34. The average molecular weight is 383 g/mol. The second kappa shape index (κ2) is 7.41. The van der Waals surface area contributed by atoms with E-state index < -0.39 is 0 Å². The van der Waals surface area contributed by atoms with Gasteiger partial charge in [0, 0.05) is 11.3 Å². The van der Waals surface area contributed by atoms with Crippen molar-refractivity contribution < 1.29 is 9.47 Å². The van der Waals surface area contributed by atoms with Crippen LogP contribution in [0.5, 0.6) is 11.6 Å². The number of benzene rings is 2. The first kappa shape index (κ1) is 18.1. The number of rotatable bonds is 4. The molecule has 1 unspecified atom stereocenters. The minimum absolute atomic E-state index is 0.0559. The summed E-state index contributed by atoms with van der Waals surface area (Å²) in [5, 5.41) is 25.6. The number of hydrogen-bond donors (Lipinski definition) is 2. The maximum Gasteiger partial charge on any atom is 0.244 e. The monoisotopic (exact) mass is 383 g/mol. The number of nitrogens with two attached hydrogens (primary N) is 1. The predicted octanol–water partition coefficient (Wildman–Crippen LogP) is 3.39. The second-order valence-electron chi connectivity index (χ2n) is 6.66. The van der Waals surface area contributed by atoms with Gasteiger partial charge in [0.2, 0.25) is 11.8 Å². The van der Waals surface area contributed by atoms with Gasteiger partial charge >= 0.3 is 0 Å². The Morgan fingerprint density at radius 1 is 1.17 bits per heavy atom. The number of allylic oxidation sites excluding steroid dienone is 1. The lowest BCUT2D eigenvalue weighted by atomic mass is 9.84. The highest BCUT2D eigenvalue weighted by Crippen LogP contribution is 2.43. The Balaban J connectivity index is 1.63. The third-order valence-corrected chi connectivity index (χ3v) is 4.81. The normalized spacial score (nSPS) is 15.1. The molecule has 1 atom stereocenters. The van der Waals surface area contributed by atoms with Crippen LogP contribution in [0.3, 0.4) is 0 Å². The molecule has 2 heterocycles. The lowest BCUT2D eigenvalue weighted by Gasteiger charge is -2.24. The molecule has 3 N–H and O–H groups in total. The first-order valence-electron chi connectivity index (χ1n) is 8.95. The van der Waals surface area contributed by atoms with Crippen LogP contribution in [0.2, 0.25) is 0 Å². The summed E-state index contributed by atoms with van der Waals surface area (Å²) in [5.74, 6) is 0.714. The van der Waals surface area contributed by atoms with E-state index in [4.69, 9.17) is 20.5 Å². The summed E-state index contributed by atoms with van der Waals surface area (Å²) in [6, 6.07) is 19.0. The first-order valence-corrected chi connectivity index (χ1v) is 8.95. The number of nitrogens with one attached hydrogen (secondary N) is 1. The molecule has 0 radical (unpaired) electrons. The summed E-state index contributed by atoms with van der Waals surface area (Å²) in [6.07, 6.45) is 0. The number of fused-ring (bicyclic) bond motifs is 1. The molecule has 0 saturated carbocycles. The van der Waals surface area contributed by atoms with Crippen molar-refractivity contribution >= 4 is 0 Å². The summed E-state index contributed by atoms with van der Waals surface area (Å²) in [4.78, 5) is 0. The molecule has 142 valence electrons. The van der Waals surface area contributed by atoms with Gasteiger partial charge in [-0.25, -0.2) is 0 Å². The van der Waals surface area contributed by atoms with Gasteiger partial charge in [0.25, 0.3) is 0 Å². The predicted molar refractivity (Wildman–Crippen MR) is 105 cm³/mol. The lowest BCUT2D eigenvalue weighted by molar-refractivity contribution is 0.306. The van der Waals surface area contributed by atoms with Crippen molar-refractivity contribution in [3.63, 3.8) is 0 Å². The van der Waals surface area contributed by atoms with Crippen LogP contribution in [0.15, 0.2) is 60.0 Å². The van der Waals surface area contributed by atoms with Crippen molar-refractivity contribution in [1.82, 2.24) is 10.2 Å². The molecule has 2 aromatic carbocycles. The van der Waals surface area contributed by atoms with E-state index in [-0.39, 0.29) is 11.8 Å². The number of nitrogens with zero attached hydrogens (tertiary/aromatic N) is 3. The Hall–Kier alpha value is -4.23. The van der Waals surface area contributed by atoms with E-state index in [0.29, 0.717) is 29.4 Å². The van der Waals surface area contributed by atoms with E-state index in [9.17, 15) is 5.26 Å². The summed E-state index contributed by atoms with van der Waals surface area (Å²) in [5.41, 5.74) is 10.3. The number of aromatic nitrogens is 2. The van der Waals surface area contributed by atoms with Gasteiger partial charge in [-0.1, -0.05) is 24.3 Å². The van der Waals surface area contributed by atoms with Crippen LogP contribution in [0.25, 0.3) is 0 Å². The van der Waals surface area contributed by atoms with Gasteiger partial charge in [-0.05, 0) is 42.3 Å². The molecule has 1 aliphatic heterocycles. The van der Waals surface area contributed by atoms with Crippen LogP contribution in [0.4, 0.5) is 0 Å². The van der Waals surface area contributed by atoms with Gasteiger partial charge < -0.3 is 15.2 Å². The van der Waals surface area contributed by atoms with E-state index in [1.807, 2.05) is 43.3 Å². The van der Waals surface area contributed by atoms with Crippen LogP contribution in [-0.4, -0.2) is 10.2 Å². The number of nitriles is 2. The molecule has 0 aliphatic carbocycles. The highest BCUT2D eigenvalue weighted by atomic mass is 16.5. The van der Waals surface area contributed by atoms with E-state index in [1.165, 1.54) is 0 Å². The summed E-state index contributed by atoms with van der Waals surface area (Å²) in [7, 11) is 0. The fourth-order valence-electron chi connectivity index (χ4n) is 3.36. The molecule has 7 heteroatoms. The molecule has 0 bridgehead atoms. The molecule has 0 spiro atoms. The second-order valence-corrected chi connectivity index (χ2v) is 6.66. The van der Waals surface area contributed by atoms with Crippen molar-refractivity contribution in [2.45, 2.75) is 19.4 Å². The van der Waals surface area contributed by atoms with E-state index in [1.54, 1.807) is 12.1 Å². The number of ether oxygens (including phenoxy) is 2. The number of H-pyrrole nitrogens is 1. The molecule has 7 nitrogen and oxygen atoms in total. The summed E-state index contributed by atoms with van der Waals surface area (Å²) < 4.78 is 11.4. The maximum absolute atomic E-state index is 9.66. The molecule has 29 heavy (non-hydrogen) atoms. The number of aryl methyl sites for hydroxylation is 1. The molecule has 0 amide bonds. The van der Waals surface area contributed by atoms with E-state index in [0.717, 1.165) is 22.4 Å². The third kappa shape index (κ3) is 3.38. The quantitative estimate of drug-likeness (QED) is 0.712. The Bertz CT molecular complexity index is 1180. The van der Waals surface area contributed by atoms with E-state index in [2.05, 4.69) is 22.3 Å². The van der Waals surface area contributed by atoms with Crippen LogP contribution < -0.4 is 15.2 Å². The minimum atomic E-state index is -0.388. The van der Waals surface area contributed by atoms with Crippen molar-refractivity contribution in [2.24, 2.45) is 5.73 Å². The standard InChI is InChI=1S/C22H17N5O2/c1-13-19-20(18(11-24)21(25)29-22(19)27-26-13)16-3-2-4-17(9-16)28-12-15-7-5-14(10-23)6-8-15/h2-9,20H,12,25H2,1H3,(H,26,27). The molecule has 1 aromatic heterocycles. The van der Waals surface area contributed by atoms with Gasteiger partial charge in [0.05, 0.1) is 17.6 Å². The average Bonchev–Trinajstić information content (AvgIpc) is 3.11. The molecular formula is C22H17N5O2. The van der Waals surface area contributed by atoms with E-state index >= 15 is 0 Å². The molecule has 4 rings (SSSR count). The van der Waals surface area contributed by atoms with Crippen LogP contribution >= 0.6 is 0 Å². The van der Waals surface area contributed by atoms with Crippen LogP contribution in [0, 0.1) is 29.6 Å². The van der Waals surface area contributed by atoms with Crippen molar-refractivity contribution in [3.8, 4) is 23.8 Å². The fraction of sp³-hybridized carbons (Fsp3) is 0.136. The van der Waals surface area contributed by atoms with Gasteiger partial charge in [0.15, 0.2) is 0 Å². The van der Waals surface area contributed by atoms with Crippen molar-refractivity contribution in [1.29, 1.82) is 10.5 Å². The highest BCUT2D eigenvalue weighted by molar-refractivity contribution is 5.55. The zero-order chi connectivity index (χ0) is 20.4. The maximum atomic E-state index is 9.66. The molecule has 0 fully saturated rings. The van der Waals surface area contributed by atoms with Crippen LogP contribution in [0.1, 0.15) is 33.9 Å². The Morgan fingerprint density at radius 2 is 1.97 bits per heavy atom. The van der Waals surface area contributed by atoms with Gasteiger partial charge in [0.1, 0.15) is 24.0 Å². The smallest absolute Gasteiger partial charge is 0.244 e. The van der Waals surface area contributed by atoms with Gasteiger partial charge in [-0.3, -0.25) is 5.10 Å². The first-order chi connectivity index (χ1) is 14.1. The van der Waals surface area contributed by atoms with Crippen molar-refractivity contribution in [2.75, 3.05) is 0 Å². The van der Waals surface area contributed by atoms with Crippen molar-refractivity contribution in [3.05, 3.63) is 87.9 Å². The minimum Gasteiger partial charge on any atom is -0.489 e. The Morgan fingerprint density at radius 3 is 2.69 bits per heavy atom. The number of hydrogen-bond acceptors (Lipinski definition) is 6.